The first kappa shape index (κ1) is 18.7. The molecule has 0 aliphatic carbocycles. The molecule has 0 bridgehead atoms. The predicted molar refractivity (Wildman–Crippen MR) is 120 cm³/mol. The van der Waals surface area contributed by atoms with E-state index in [1.165, 1.54) is 21.9 Å². The van der Waals surface area contributed by atoms with Gasteiger partial charge in [0.2, 0.25) is 0 Å². The Bertz CT molecular complexity index is 1200. The van der Waals surface area contributed by atoms with E-state index < -0.39 is 5.97 Å². The van der Waals surface area contributed by atoms with E-state index in [9.17, 15) is 9.90 Å². The number of benzene rings is 4. The molecule has 4 aromatic carbocycles. The van der Waals surface area contributed by atoms with E-state index in [1.54, 1.807) is 12.1 Å². The molecule has 0 atom stereocenters. The van der Waals surface area contributed by atoms with Crippen molar-refractivity contribution in [2.24, 2.45) is 0 Å². The van der Waals surface area contributed by atoms with Gasteiger partial charge in [-0.25, -0.2) is 4.79 Å². The van der Waals surface area contributed by atoms with Gasteiger partial charge in [-0.3, -0.25) is 0 Å². The maximum Gasteiger partial charge on any atom is 0.335 e. The lowest BCUT2D eigenvalue weighted by Crippen LogP contribution is -1.98. The second kappa shape index (κ2) is 8.15. The van der Waals surface area contributed by atoms with E-state index in [4.69, 9.17) is 0 Å². The number of rotatable bonds is 5. The fourth-order valence-electron chi connectivity index (χ4n) is 3.69. The zero-order valence-corrected chi connectivity index (χ0v) is 16.3. The highest BCUT2D eigenvalue weighted by Crippen LogP contribution is 2.29. The molecule has 0 saturated heterocycles. The SMILES string of the molecule is Cc1ccc2ccccc2c1/C=C(\Cc1cccc(C(=O)O)c1)c1ccccc1. The Hall–Kier alpha value is -3.65. The number of hydrogen-bond donors (Lipinski definition) is 1. The molecule has 0 amide bonds. The molecule has 0 aliphatic rings. The quantitative estimate of drug-likeness (QED) is 0.396. The van der Waals surface area contributed by atoms with Crippen molar-refractivity contribution in [3.05, 3.63) is 119 Å². The molecule has 0 unspecified atom stereocenters. The number of fused-ring (bicyclic) bond motifs is 1. The van der Waals surface area contributed by atoms with E-state index >= 15 is 0 Å². The van der Waals surface area contributed by atoms with Gasteiger partial charge < -0.3 is 5.11 Å². The number of allylic oxidation sites excluding steroid dienone is 1. The average Bonchev–Trinajstić information content (AvgIpc) is 2.76. The molecule has 4 aromatic rings. The Labute approximate surface area is 170 Å². The zero-order chi connectivity index (χ0) is 20.2. The van der Waals surface area contributed by atoms with Gasteiger partial charge in [-0.05, 0) is 70.2 Å². The summed E-state index contributed by atoms with van der Waals surface area (Å²) in [5.41, 5.74) is 6.02. The summed E-state index contributed by atoms with van der Waals surface area (Å²) in [6, 6.07) is 30.2. The second-order valence-electron chi connectivity index (χ2n) is 7.24. The molecule has 142 valence electrons. The molecular weight excluding hydrogens is 356 g/mol. The molecule has 0 aliphatic heterocycles. The van der Waals surface area contributed by atoms with E-state index in [-0.39, 0.29) is 0 Å². The zero-order valence-electron chi connectivity index (χ0n) is 16.3. The fourth-order valence-corrected chi connectivity index (χ4v) is 3.69. The van der Waals surface area contributed by atoms with Crippen molar-refractivity contribution in [1.29, 1.82) is 0 Å². The van der Waals surface area contributed by atoms with Crippen molar-refractivity contribution in [2.45, 2.75) is 13.3 Å². The summed E-state index contributed by atoms with van der Waals surface area (Å²) < 4.78 is 0. The van der Waals surface area contributed by atoms with Crippen LogP contribution in [0.3, 0.4) is 0 Å². The summed E-state index contributed by atoms with van der Waals surface area (Å²) in [5, 5.41) is 11.8. The van der Waals surface area contributed by atoms with E-state index in [0.717, 1.165) is 16.7 Å². The second-order valence-corrected chi connectivity index (χ2v) is 7.24. The van der Waals surface area contributed by atoms with Crippen molar-refractivity contribution in [2.75, 3.05) is 0 Å². The molecule has 4 rings (SSSR count). The summed E-state index contributed by atoms with van der Waals surface area (Å²) in [7, 11) is 0. The van der Waals surface area contributed by atoms with Crippen LogP contribution < -0.4 is 0 Å². The third-order valence-corrected chi connectivity index (χ3v) is 5.22. The van der Waals surface area contributed by atoms with Crippen LogP contribution in [0.1, 0.15) is 32.6 Å². The van der Waals surface area contributed by atoms with E-state index in [2.05, 4.69) is 61.5 Å². The minimum absolute atomic E-state index is 0.316. The van der Waals surface area contributed by atoms with Crippen LogP contribution in [0.2, 0.25) is 0 Å². The van der Waals surface area contributed by atoms with Crippen LogP contribution in [0.25, 0.3) is 22.4 Å². The monoisotopic (exact) mass is 378 g/mol. The highest BCUT2D eigenvalue weighted by molar-refractivity contribution is 5.97. The van der Waals surface area contributed by atoms with Crippen molar-refractivity contribution >= 4 is 28.4 Å². The number of carbonyl (C=O) groups is 1. The fraction of sp³-hybridized carbons (Fsp3) is 0.0741. The summed E-state index contributed by atoms with van der Waals surface area (Å²) >= 11 is 0. The lowest BCUT2D eigenvalue weighted by molar-refractivity contribution is 0.0696. The van der Waals surface area contributed by atoms with Crippen molar-refractivity contribution in [3.63, 3.8) is 0 Å². The highest BCUT2D eigenvalue weighted by atomic mass is 16.4. The molecule has 0 saturated carbocycles. The third-order valence-electron chi connectivity index (χ3n) is 5.22. The number of hydrogen-bond acceptors (Lipinski definition) is 1. The normalized spacial score (nSPS) is 11.6. The number of carboxylic acids is 1. The maximum absolute atomic E-state index is 11.4. The molecule has 1 N–H and O–H groups in total. The third kappa shape index (κ3) is 4.12. The molecular formula is C27H22O2. The summed E-state index contributed by atoms with van der Waals surface area (Å²) in [5.74, 6) is -0.901. The summed E-state index contributed by atoms with van der Waals surface area (Å²) in [6.07, 6.45) is 2.91. The molecule has 29 heavy (non-hydrogen) atoms. The smallest absolute Gasteiger partial charge is 0.335 e. The lowest BCUT2D eigenvalue weighted by Gasteiger charge is -2.13. The number of carboxylic acid groups (broad SMARTS) is 1. The average molecular weight is 378 g/mol. The Morgan fingerprint density at radius 3 is 2.34 bits per heavy atom. The van der Waals surface area contributed by atoms with Crippen LogP contribution in [0.4, 0.5) is 0 Å². The first-order valence-electron chi connectivity index (χ1n) is 9.68. The Kier molecular flexibility index (Phi) is 5.26. The molecule has 0 aromatic heterocycles. The van der Waals surface area contributed by atoms with Gasteiger partial charge in [0.1, 0.15) is 0 Å². The van der Waals surface area contributed by atoms with Gasteiger partial charge in [0.25, 0.3) is 0 Å². The van der Waals surface area contributed by atoms with Crippen LogP contribution in [0.5, 0.6) is 0 Å². The van der Waals surface area contributed by atoms with Crippen LogP contribution in [0.15, 0.2) is 91.0 Å². The Morgan fingerprint density at radius 1 is 0.828 bits per heavy atom. The van der Waals surface area contributed by atoms with Crippen LogP contribution in [-0.2, 0) is 6.42 Å². The first-order valence-corrected chi connectivity index (χ1v) is 9.68. The van der Waals surface area contributed by atoms with Gasteiger partial charge in [0.05, 0.1) is 5.56 Å². The maximum atomic E-state index is 11.4. The van der Waals surface area contributed by atoms with Crippen LogP contribution >= 0.6 is 0 Å². The van der Waals surface area contributed by atoms with E-state index in [0.29, 0.717) is 12.0 Å². The van der Waals surface area contributed by atoms with Gasteiger partial charge in [-0.15, -0.1) is 0 Å². The minimum Gasteiger partial charge on any atom is -0.478 e. The van der Waals surface area contributed by atoms with Crippen molar-refractivity contribution in [3.8, 4) is 0 Å². The molecule has 0 heterocycles. The standard InChI is InChI=1S/C27H22O2/c1-19-14-15-22-11-5-6-13-25(22)26(19)18-24(21-9-3-2-4-10-21)17-20-8-7-12-23(16-20)27(28)29/h2-16,18H,17H2,1H3,(H,28,29)/b24-18+. The minimum atomic E-state index is -0.901. The van der Waals surface area contributed by atoms with Crippen molar-refractivity contribution < 1.29 is 9.90 Å². The lowest BCUT2D eigenvalue weighted by atomic mass is 9.92. The topological polar surface area (TPSA) is 37.3 Å². The predicted octanol–water partition coefficient (Wildman–Crippen LogP) is 6.63. The van der Waals surface area contributed by atoms with Crippen LogP contribution in [0, 0.1) is 6.92 Å². The van der Waals surface area contributed by atoms with Gasteiger partial charge >= 0.3 is 5.97 Å². The molecule has 0 fully saturated rings. The summed E-state index contributed by atoms with van der Waals surface area (Å²) in [4.78, 5) is 11.4. The summed E-state index contributed by atoms with van der Waals surface area (Å²) in [6.45, 7) is 2.13. The largest absolute Gasteiger partial charge is 0.478 e. The van der Waals surface area contributed by atoms with Gasteiger partial charge in [0, 0.05) is 0 Å². The first-order chi connectivity index (χ1) is 14.1. The Morgan fingerprint density at radius 2 is 1.55 bits per heavy atom. The molecule has 0 radical (unpaired) electrons. The highest BCUT2D eigenvalue weighted by Gasteiger charge is 2.09. The number of aryl methyl sites for hydroxylation is 1. The van der Waals surface area contributed by atoms with Gasteiger partial charge in [-0.1, -0.05) is 78.9 Å². The Balaban J connectivity index is 1.86. The number of aromatic carboxylic acids is 1. The van der Waals surface area contributed by atoms with E-state index in [1.807, 2.05) is 30.3 Å². The molecule has 2 nitrogen and oxygen atoms in total. The van der Waals surface area contributed by atoms with Crippen molar-refractivity contribution in [1.82, 2.24) is 0 Å². The molecule has 2 heteroatoms. The van der Waals surface area contributed by atoms with Gasteiger partial charge in [0.15, 0.2) is 0 Å². The van der Waals surface area contributed by atoms with Crippen LogP contribution in [-0.4, -0.2) is 11.1 Å². The van der Waals surface area contributed by atoms with Gasteiger partial charge in [-0.2, -0.15) is 0 Å². The molecule has 0 spiro atoms.